The Hall–Kier alpha value is -3.74. The lowest BCUT2D eigenvalue weighted by atomic mass is 9.99. The fourth-order valence-corrected chi connectivity index (χ4v) is 4.46. The molecule has 164 valence electrons. The molecule has 3 aromatic rings. The summed E-state index contributed by atoms with van der Waals surface area (Å²) in [6.07, 6.45) is 1.32. The third-order valence-corrected chi connectivity index (χ3v) is 6.11. The molecule has 7 nitrogen and oxygen atoms in total. The van der Waals surface area contributed by atoms with Crippen molar-refractivity contribution >= 4 is 28.3 Å². The van der Waals surface area contributed by atoms with E-state index < -0.39 is 11.0 Å². The number of hydrogen-bond acceptors (Lipinski definition) is 4. The fraction of sp³-hybridized carbons (Fsp3) is 0.280. The maximum atomic E-state index is 13.1. The molecule has 0 spiro atoms. The lowest BCUT2D eigenvalue weighted by molar-refractivity contribution is -0.385. The number of hydrogen-bond donors (Lipinski definition) is 1. The minimum absolute atomic E-state index is 0.0267. The smallest absolute Gasteiger partial charge is 0.272 e. The number of benzene rings is 3. The van der Waals surface area contributed by atoms with Gasteiger partial charge in [-0.25, -0.2) is 0 Å². The normalized spacial score (nSPS) is 16.7. The summed E-state index contributed by atoms with van der Waals surface area (Å²) in [5, 5.41) is 16.3. The summed E-state index contributed by atoms with van der Waals surface area (Å²) in [5.41, 5.74) is 1.78. The highest BCUT2D eigenvalue weighted by atomic mass is 16.6. The maximum Gasteiger partial charge on any atom is 0.272 e. The van der Waals surface area contributed by atoms with E-state index in [2.05, 4.69) is 5.32 Å². The van der Waals surface area contributed by atoms with Gasteiger partial charge in [-0.3, -0.25) is 19.7 Å². The molecule has 3 aromatic carbocycles. The SMILES string of the molecule is Cc1cc(C(=O)N2CCCC2C(=O)NC(C)c2cccc3ccccc23)ccc1[N+](=O)[O-]. The Kier molecular flexibility index (Phi) is 5.90. The van der Waals surface area contributed by atoms with Gasteiger partial charge in [-0.2, -0.15) is 0 Å². The summed E-state index contributed by atoms with van der Waals surface area (Å²) in [5.74, 6) is -0.464. The van der Waals surface area contributed by atoms with E-state index >= 15 is 0 Å². The minimum Gasteiger partial charge on any atom is -0.348 e. The van der Waals surface area contributed by atoms with Crippen LogP contribution in [0.2, 0.25) is 0 Å². The van der Waals surface area contributed by atoms with Crippen LogP contribution in [0.3, 0.4) is 0 Å². The Balaban J connectivity index is 1.51. The van der Waals surface area contributed by atoms with E-state index in [1.165, 1.54) is 18.2 Å². The highest BCUT2D eigenvalue weighted by Crippen LogP contribution is 2.27. The molecule has 32 heavy (non-hydrogen) atoms. The Morgan fingerprint density at radius 2 is 1.88 bits per heavy atom. The predicted molar refractivity (Wildman–Crippen MR) is 122 cm³/mol. The largest absolute Gasteiger partial charge is 0.348 e. The molecule has 1 aliphatic rings. The molecule has 1 aliphatic heterocycles. The Labute approximate surface area is 186 Å². The second-order valence-corrected chi connectivity index (χ2v) is 8.21. The Bertz CT molecular complexity index is 1200. The highest BCUT2D eigenvalue weighted by Gasteiger charge is 2.35. The number of fused-ring (bicyclic) bond motifs is 1. The zero-order valence-electron chi connectivity index (χ0n) is 18.1. The number of carbonyl (C=O) groups excluding carboxylic acids is 2. The zero-order valence-corrected chi connectivity index (χ0v) is 18.1. The predicted octanol–water partition coefficient (Wildman–Crippen LogP) is 4.54. The van der Waals surface area contributed by atoms with Gasteiger partial charge in [-0.05, 0) is 55.2 Å². The van der Waals surface area contributed by atoms with Gasteiger partial charge in [-0.1, -0.05) is 42.5 Å². The molecule has 1 N–H and O–H groups in total. The molecule has 2 atom stereocenters. The van der Waals surface area contributed by atoms with Gasteiger partial charge < -0.3 is 10.2 Å². The van der Waals surface area contributed by atoms with Crippen LogP contribution < -0.4 is 5.32 Å². The summed E-state index contributed by atoms with van der Waals surface area (Å²) in [4.78, 5) is 38.4. The van der Waals surface area contributed by atoms with Crippen LogP contribution in [0, 0.1) is 17.0 Å². The molecule has 2 unspecified atom stereocenters. The second-order valence-electron chi connectivity index (χ2n) is 8.21. The second kappa shape index (κ2) is 8.78. The number of likely N-dealkylation sites (tertiary alicyclic amines) is 1. The fourth-order valence-electron chi connectivity index (χ4n) is 4.46. The number of aryl methyl sites for hydroxylation is 1. The van der Waals surface area contributed by atoms with E-state index in [4.69, 9.17) is 0 Å². The van der Waals surface area contributed by atoms with E-state index in [1.807, 2.05) is 49.4 Å². The van der Waals surface area contributed by atoms with Gasteiger partial charge in [0.15, 0.2) is 0 Å². The van der Waals surface area contributed by atoms with Gasteiger partial charge >= 0.3 is 0 Å². The molecule has 4 rings (SSSR count). The topological polar surface area (TPSA) is 92.6 Å². The van der Waals surface area contributed by atoms with Gasteiger partial charge in [0.25, 0.3) is 11.6 Å². The van der Waals surface area contributed by atoms with Crippen molar-refractivity contribution in [2.24, 2.45) is 0 Å². The van der Waals surface area contributed by atoms with E-state index in [0.29, 0.717) is 24.1 Å². The molecule has 1 fully saturated rings. The van der Waals surface area contributed by atoms with Crippen LogP contribution in [-0.2, 0) is 4.79 Å². The van der Waals surface area contributed by atoms with Crippen LogP contribution in [0.5, 0.6) is 0 Å². The van der Waals surface area contributed by atoms with Crippen LogP contribution in [0.25, 0.3) is 10.8 Å². The van der Waals surface area contributed by atoms with Gasteiger partial charge in [-0.15, -0.1) is 0 Å². The average Bonchev–Trinajstić information content (AvgIpc) is 3.28. The minimum atomic E-state index is -0.560. The Morgan fingerprint density at radius 1 is 1.12 bits per heavy atom. The molecule has 1 heterocycles. The van der Waals surface area contributed by atoms with E-state index in [-0.39, 0.29) is 23.5 Å². The molecule has 0 bridgehead atoms. The van der Waals surface area contributed by atoms with Crippen molar-refractivity contribution in [2.75, 3.05) is 6.54 Å². The van der Waals surface area contributed by atoms with Crippen LogP contribution in [0.4, 0.5) is 5.69 Å². The molecule has 0 aromatic heterocycles. The van der Waals surface area contributed by atoms with Gasteiger partial charge in [0.1, 0.15) is 6.04 Å². The number of rotatable bonds is 5. The summed E-state index contributed by atoms with van der Waals surface area (Å²) in [7, 11) is 0. The molecular formula is C25H25N3O4. The van der Waals surface area contributed by atoms with Crippen molar-refractivity contribution in [1.82, 2.24) is 10.2 Å². The van der Waals surface area contributed by atoms with Crippen LogP contribution >= 0.6 is 0 Å². The molecular weight excluding hydrogens is 406 g/mol. The summed E-state index contributed by atoms with van der Waals surface area (Å²) >= 11 is 0. The number of nitrogens with zero attached hydrogens (tertiary/aromatic N) is 2. The summed E-state index contributed by atoms with van der Waals surface area (Å²) in [6.45, 7) is 4.03. The van der Waals surface area contributed by atoms with Crippen molar-refractivity contribution in [3.8, 4) is 0 Å². The number of nitrogens with one attached hydrogen (secondary N) is 1. The monoisotopic (exact) mass is 431 g/mol. The zero-order chi connectivity index (χ0) is 22.8. The third-order valence-electron chi connectivity index (χ3n) is 6.11. The van der Waals surface area contributed by atoms with Gasteiger partial charge in [0.2, 0.25) is 5.91 Å². The quantitative estimate of drug-likeness (QED) is 0.474. The summed E-state index contributed by atoms with van der Waals surface area (Å²) < 4.78 is 0. The number of amides is 2. The number of nitro groups is 1. The molecule has 0 aliphatic carbocycles. The van der Waals surface area contributed by atoms with Gasteiger partial charge in [0.05, 0.1) is 11.0 Å². The van der Waals surface area contributed by atoms with Crippen molar-refractivity contribution < 1.29 is 14.5 Å². The third kappa shape index (κ3) is 4.06. The van der Waals surface area contributed by atoms with Crippen molar-refractivity contribution in [2.45, 2.75) is 38.8 Å². The van der Waals surface area contributed by atoms with E-state index in [1.54, 1.807) is 11.8 Å². The molecule has 2 amide bonds. The first-order valence-corrected chi connectivity index (χ1v) is 10.7. The first-order chi connectivity index (χ1) is 15.4. The highest BCUT2D eigenvalue weighted by molar-refractivity contribution is 5.98. The number of carbonyl (C=O) groups is 2. The van der Waals surface area contributed by atoms with Crippen molar-refractivity contribution in [3.05, 3.63) is 87.5 Å². The lowest BCUT2D eigenvalue weighted by Gasteiger charge is -2.26. The van der Waals surface area contributed by atoms with Gasteiger partial charge in [0, 0.05) is 23.7 Å². The first-order valence-electron chi connectivity index (χ1n) is 10.7. The number of nitro benzene ring substituents is 1. The van der Waals surface area contributed by atoms with Crippen LogP contribution in [0.15, 0.2) is 60.7 Å². The first kappa shape index (κ1) is 21.5. The molecule has 7 heteroatoms. The molecule has 0 saturated carbocycles. The lowest BCUT2D eigenvalue weighted by Crippen LogP contribution is -2.46. The van der Waals surface area contributed by atoms with E-state index in [0.717, 1.165) is 22.8 Å². The van der Waals surface area contributed by atoms with Crippen LogP contribution in [0.1, 0.15) is 47.3 Å². The van der Waals surface area contributed by atoms with Crippen molar-refractivity contribution in [1.29, 1.82) is 0 Å². The molecule has 1 saturated heterocycles. The summed E-state index contributed by atoms with van der Waals surface area (Å²) in [6, 6.07) is 17.6. The maximum absolute atomic E-state index is 13.1. The molecule has 0 radical (unpaired) electrons. The standard InChI is InChI=1S/C25H25N3O4/c1-16-15-19(12-13-22(16)28(31)32)25(30)27-14-6-11-23(27)24(29)26-17(2)20-10-5-8-18-7-3-4-9-21(18)20/h3-5,7-10,12-13,15,17,23H,6,11,14H2,1-2H3,(H,26,29). The Morgan fingerprint density at radius 3 is 2.62 bits per heavy atom. The van der Waals surface area contributed by atoms with Crippen LogP contribution in [-0.4, -0.2) is 34.2 Å². The van der Waals surface area contributed by atoms with E-state index in [9.17, 15) is 19.7 Å². The average molecular weight is 431 g/mol. The van der Waals surface area contributed by atoms with Crippen molar-refractivity contribution in [3.63, 3.8) is 0 Å².